The third-order valence-corrected chi connectivity index (χ3v) is 4.81. The molecule has 26 heavy (non-hydrogen) atoms. The van der Waals surface area contributed by atoms with Crippen LogP contribution in [0.1, 0.15) is 19.1 Å². The number of thioether (sulfide) groups is 1. The number of para-hydroxylation sites is 1. The second-order valence-electron chi connectivity index (χ2n) is 5.70. The standard InChI is InChI=1S/C19H18N4O2S/c1-2-12-26-19-21-18-17(22-23-19)14-7-3-4-8-15(14)20-16(25-18)10-9-13-6-5-11-24-13/h3-11,16,20H,2,12H2,1H3. The van der Waals surface area contributed by atoms with Gasteiger partial charge in [-0.15, -0.1) is 10.2 Å². The molecule has 6 nitrogen and oxygen atoms in total. The highest BCUT2D eigenvalue weighted by Crippen LogP contribution is 2.36. The number of ether oxygens (including phenoxy) is 1. The number of aromatic nitrogens is 3. The van der Waals surface area contributed by atoms with Crippen LogP contribution in [-0.4, -0.2) is 27.2 Å². The number of anilines is 1. The largest absolute Gasteiger partial charge is 0.465 e. The number of furan rings is 1. The molecule has 1 aliphatic rings. The van der Waals surface area contributed by atoms with E-state index in [1.165, 1.54) is 0 Å². The van der Waals surface area contributed by atoms with Crippen molar-refractivity contribution in [3.63, 3.8) is 0 Å². The Hall–Kier alpha value is -2.80. The second kappa shape index (κ2) is 7.61. The van der Waals surface area contributed by atoms with E-state index in [1.54, 1.807) is 18.0 Å². The first-order valence-corrected chi connectivity index (χ1v) is 9.44. The summed E-state index contributed by atoms with van der Waals surface area (Å²) < 4.78 is 11.4. The molecule has 1 unspecified atom stereocenters. The Morgan fingerprint density at radius 3 is 2.96 bits per heavy atom. The lowest BCUT2D eigenvalue weighted by atomic mass is 10.1. The SMILES string of the molecule is CCCSc1nnc2c(n1)OC(C=Cc1ccco1)Nc1ccccc1-2. The van der Waals surface area contributed by atoms with Gasteiger partial charge in [-0.1, -0.05) is 36.9 Å². The first-order valence-electron chi connectivity index (χ1n) is 8.45. The summed E-state index contributed by atoms with van der Waals surface area (Å²) in [6.45, 7) is 2.12. The van der Waals surface area contributed by atoms with E-state index in [2.05, 4.69) is 27.4 Å². The summed E-state index contributed by atoms with van der Waals surface area (Å²) in [6.07, 6.45) is 6.05. The number of fused-ring (bicyclic) bond motifs is 3. The van der Waals surface area contributed by atoms with Gasteiger partial charge in [0.2, 0.25) is 11.0 Å². The van der Waals surface area contributed by atoms with Crippen LogP contribution in [0.4, 0.5) is 5.69 Å². The number of nitrogens with zero attached hydrogens (tertiary/aromatic N) is 3. The molecule has 4 rings (SSSR count). The third kappa shape index (κ3) is 3.57. The highest BCUT2D eigenvalue weighted by Gasteiger charge is 2.23. The normalized spacial score (nSPS) is 15.7. The van der Waals surface area contributed by atoms with Crippen molar-refractivity contribution >= 4 is 23.5 Å². The summed E-state index contributed by atoms with van der Waals surface area (Å²) in [4.78, 5) is 4.57. The minimum Gasteiger partial charge on any atom is -0.465 e. The predicted octanol–water partition coefficient (Wildman–Crippen LogP) is 4.48. The lowest BCUT2D eigenvalue weighted by Gasteiger charge is -2.15. The van der Waals surface area contributed by atoms with Crippen LogP contribution in [-0.2, 0) is 0 Å². The van der Waals surface area contributed by atoms with Gasteiger partial charge in [-0.3, -0.25) is 0 Å². The minimum atomic E-state index is -0.400. The first-order chi connectivity index (χ1) is 12.8. The van der Waals surface area contributed by atoms with Crippen molar-refractivity contribution in [3.05, 3.63) is 54.5 Å². The zero-order valence-electron chi connectivity index (χ0n) is 14.3. The number of hydrogen-bond acceptors (Lipinski definition) is 7. The van der Waals surface area contributed by atoms with E-state index < -0.39 is 6.23 Å². The van der Waals surface area contributed by atoms with Crippen molar-refractivity contribution in [2.24, 2.45) is 0 Å². The van der Waals surface area contributed by atoms with Crippen LogP contribution in [0.3, 0.4) is 0 Å². The van der Waals surface area contributed by atoms with Gasteiger partial charge < -0.3 is 14.5 Å². The lowest BCUT2D eigenvalue weighted by molar-refractivity contribution is 0.266. The summed E-state index contributed by atoms with van der Waals surface area (Å²) in [5.74, 6) is 2.18. The van der Waals surface area contributed by atoms with Crippen molar-refractivity contribution in [1.29, 1.82) is 0 Å². The maximum absolute atomic E-state index is 6.09. The molecule has 0 saturated heterocycles. The molecule has 0 bridgehead atoms. The number of hydrogen-bond donors (Lipinski definition) is 1. The number of nitrogens with one attached hydrogen (secondary N) is 1. The Balaban J connectivity index is 1.70. The highest BCUT2D eigenvalue weighted by atomic mass is 32.2. The summed E-state index contributed by atoms with van der Waals surface area (Å²) in [5, 5.41) is 12.6. The topological polar surface area (TPSA) is 73.1 Å². The van der Waals surface area contributed by atoms with Crippen LogP contribution in [0.2, 0.25) is 0 Å². The molecule has 1 atom stereocenters. The molecule has 132 valence electrons. The Morgan fingerprint density at radius 1 is 1.19 bits per heavy atom. The zero-order chi connectivity index (χ0) is 17.8. The highest BCUT2D eigenvalue weighted by molar-refractivity contribution is 7.99. The molecular formula is C19H18N4O2S. The van der Waals surface area contributed by atoms with E-state index in [1.807, 2.05) is 48.6 Å². The van der Waals surface area contributed by atoms with Gasteiger partial charge in [-0.25, -0.2) is 0 Å². The van der Waals surface area contributed by atoms with Crippen LogP contribution in [0, 0.1) is 0 Å². The van der Waals surface area contributed by atoms with Crippen LogP contribution in [0.25, 0.3) is 17.3 Å². The van der Waals surface area contributed by atoms with Gasteiger partial charge in [0, 0.05) is 17.0 Å². The summed E-state index contributed by atoms with van der Waals surface area (Å²) in [7, 11) is 0. The maximum atomic E-state index is 6.09. The molecule has 3 heterocycles. The maximum Gasteiger partial charge on any atom is 0.247 e. The second-order valence-corrected chi connectivity index (χ2v) is 6.76. The minimum absolute atomic E-state index is 0.400. The molecule has 7 heteroatoms. The molecule has 0 spiro atoms. The van der Waals surface area contributed by atoms with Crippen LogP contribution in [0.5, 0.6) is 5.88 Å². The van der Waals surface area contributed by atoms with E-state index in [-0.39, 0.29) is 0 Å². The molecule has 0 aliphatic carbocycles. The molecule has 1 aromatic carbocycles. The van der Waals surface area contributed by atoms with Gasteiger partial charge in [0.15, 0.2) is 11.9 Å². The summed E-state index contributed by atoms with van der Waals surface area (Å²) >= 11 is 1.58. The summed E-state index contributed by atoms with van der Waals surface area (Å²) in [6, 6.07) is 11.6. The predicted molar refractivity (Wildman–Crippen MR) is 102 cm³/mol. The average molecular weight is 366 g/mol. The van der Waals surface area contributed by atoms with E-state index in [4.69, 9.17) is 9.15 Å². The van der Waals surface area contributed by atoms with Crippen LogP contribution < -0.4 is 10.1 Å². The molecule has 2 aromatic heterocycles. The van der Waals surface area contributed by atoms with Crippen molar-refractivity contribution in [2.45, 2.75) is 24.7 Å². The van der Waals surface area contributed by atoms with Gasteiger partial charge in [0.1, 0.15) is 5.76 Å². The smallest absolute Gasteiger partial charge is 0.247 e. The lowest BCUT2D eigenvalue weighted by Crippen LogP contribution is -2.23. The monoisotopic (exact) mass is 366 g/mol. The van der Waals surface area contributed by atoms with Gasteiger partial charge in [-0.05, 0) is 36.8 Å². The number of benzene rings is 1. The molecule has 0 amide bonds. The Bertz CT molecular complexity index is 912. The van der Waals surface area contributed by atoms with E-state index in [0.717, 1.165) is 29.2 Å². The quantitative estimate of drug-likeness (QED) is 0.668. The van der Waals surface area contributed by atoms with Gasteiger partial charge in [0.25, 0.3) is 0 Å². The van der Waals surface area contributed by atoms with Crippen LogP contribution >= 0.6 is 11.8 Å². The van der Waals surface area contributed by atoms with Crippen LogP contribution in [0.15, 0.2) is 58.3 Å². The van der Waals surface area contributed by atoms with E-state index >= 15 is 0 Å². The fourth-order valence-electron chi connectivity index (χ4n) is 2.58. The molecule has 1 N–H and O–H groups in total. The molecule has 0 fully saturated rings. The van der Waals surface area contributed by atoms with Crippen molar-refractivity contribution in [3.8, 4) is 17.1 Å². The first kappa shape index (κ1) is 16.7. The van der Waals surface area contributed by atoms with Gasteiger partial charge in [-0.2, -0.15) is 4.98 Å². The zero-order valence-corrected chi connectivity index (χ0v) is 15.1. The molecule has 0 saturated carbocycles. The Morgan fingerprint density at radius 2 is 2.12 bits per heavy atom. The molecule has 0 radical (unpaired) electrons. The molecule has 1 aliphatic heterocycles. The van der Waals surface area contributed by atoms with Gasteiger partial charge >= 0.3 is 0 Å². The Labute approximate surface area is 155 Å². The average Bonchev–Trinajstić information content (AvgIpc) is 3.13. The van der Waals surface area contributed by atoms with Gasteiger partial charge in [0.05, 0.1) is 6.26 Å². The van der Waals surface area contributed by atoms with Crippen molar-refractivity contribution in [2.75, 3.05) is 11.1 Å². The van der Waals surface area contributed by atoms with E-state index in [9.17, 15) is 0 Å². The molecule has 3 aromatic rings. The summed E-state index contributed by atoms with van der Waals surface area (Å²) in [5.41, 5.74) is 2.48. The Kier molecular flexibility index (Phi) is 4.88. The third-order valence-electron chi connectivity index (χ3n) is 3.77. The fraction of sp³-hybridized carbons (Fsp3) is 0.211. The molecular weight excluding hydrogens is 348 g/mol. The fourth-order valence-corrected chi connectivity index (χ4v) is 3.21. The van der Waals surface area contributed by atoms with Crippen molar-refractivity contribution in [1.82, 2.24) is 15.2 Å². The van der Waals surface area contributed by atoms with Crippen molar-refractivity contribution < 1.29 is 9.15 Å². The van der Waals surface area contributed by atoms with E-state index in [0.29, 0.717) is 16.7 Å². The number of rotatable bonds is 5.